The molecule has 2 N–H and O–H groups in total. The molecule has 7 aromatic carbocycles. The number of aliphatic imine (C=N–C) groups is 1. The Hall–Kier alpha value is -7.76. The predicted octanol–water partition coefficient (Wildman–Crippen LogP) is 13.6. The van der Waals surface area contributed by atoms with Crippen LogP contribution in [0.3, 0.4) is 0 Å². The molecular weight excluding hydrogens is 767 g/mol. The lowest BCUT2D eigenvalue weighted by Gasteiger charge is -2.29. The van der Waals surface area contributed by atoms with E-state index in [0.29, 0.717) is 5.84 Å². The van der Waals surface area contributed by atoms with E-state index in [1.165, 1.54) is 66.8 Å². The summed E-state index contributed by atoms with van der Waals surface area (Å²) in [4.78, 5) is 9.47. The predicted molar refractivity (Wildman–Crippen MR) is 270 cm³/mol. The number of hydrazone groups is 1. The molecule has 1 aliphatic heterocycles. The van der Waals surface area contributed by atoms with Gasteiger partial charge in [-0.05, 0) is 112 Å². The third-order valence-electron chi connectivity index (χ3n) is 12.1. The monoisotopic (exact) mass is 817 g/mol. The Labute approximate surface area is 371 Å². The van der Waals surface area contributed by atoms with E-state index in [1.54, 1.807) is 0 Å². The van der Waals surface area contributed by atoms with Gasteiger partial charge in [-0.1, -0.05) is 158 Å². The van der Waals surface area contributed by atoms with Crippen molar-refractivity contribution in [3.63, 3.8) is 0 Å². The maximum absolute atomic E-state index is 5.84. The van der Waals surface area contributed by atoms with Crippen molar-refractivity contribution >= 4 is 57.1 Å². The first kappa shape index (κ1) is 40.6. The van der Waals surface area contributed by atoms with E-state index in [1.807, 2.05) is 18.2 Å². The van der Waals surface area contributed by atoms with Crippen LogP contribution < -0.4 is 15.6 Å². The molecule has 0 fully saturated rings. The van der Waals surface area contributed by atoms with Crippen LogP contribution in [-0.2, 0) is 12.8 Å². The molecule has 5 heteroatoms. The van der Waals surface area contributed by atoms with Crippen LogP contribution in [0.4, 0.5) is 17.1 Å². The maximum atomic E-state index is 5.84. The highest BCUT2D eigenvalue weighted by Gasteiger charge is 2.24. The molecule has 5 nitrogen and oxygen atoms in total. The fourth-order valence-electron chi connectivity index (χ4n) is 8.85. The summed E-state index contributed by atoms with van der Waals surface area (Å²) in [5.74, 6) is 6.36. The van der Waals surface area contributed by atoms with Crippen molar-refractivity contribution in [3.05, 3.63) is 239 Å². The van der Waals surface area contributed by atoms with Gasteiger partial charge in [-0.15, -0.1) is 0 Å². The summed E-state index contributed by atoms with van der Waals surface area (Å²) in [7, 11) is 4.27. The lowest BCUT2D eigenvalue weighted by Crippen LogP contribution is -2.15. The van der Waals surface area contributed by atoms with Crippen LogP contribution in [-0.4, -0.2) is 25.6 Å². The summed E-state index contributed by atoms with van der Waals surface area (Å²) in [6.07, 6.45) is 21.5. The Bertz CT molecular complexity index is 3000. The van der Waals surface area contributed by atoms with Crippen LogP contribution in [0.1, 0.15) is 57.3 Å². The zero-order chi connectivity index (χ0) is 43.1. The number of para-hydroxylation sites is 1. The number of aryl methyl sites for hydroxylation is 1. The Kier molecular flexibility index (Phi) is 11.9. The SMILES string of the molecule is C=C1/C=C\C=C/N(C)c2cccc(-c3c(N(C)c4ccccc4)ccc4c3CCC=C4)c21.N/N=C(\N=C(c1ccccc1)c1ccc2ccccc2c1)c1ccc2c(c1)C=CCC2. The second kappa shape index (κ2) is 18.5. The number of benzene rings is 7. The number of anilines is 3. The fraction of sp³-hybridized carbons (Fsp3) is 0.103. The first-order valence-electron chi connectivity index (χ1n) is 21.7. The minimum absolute atomic E-state index is 0.522. The zero-order valence-electron chi connectivity index (χ0n) is 36.0. The number of allylic oxidation sites excluding steroid dienone is 6. The van der Waals surface area contributed by atoms with Crippen molar-refractivity contribution < 1.29 is 0 Å². The smallest absolute Gasteiger partial charge is 0.179 e. The van der Waals surface area contributed by atoms with Crippen molar-refractivity contribution in [1.29, 1.82) is 0 Å². The second-order valence-corrected chi connectivity index (χ2v) is 16.1. The van der Waals surface area contributed by atoms with Gasteiger partial charge in [-0.3, -0.25) is 0 Å². The summed E-state index contributed by atoms with van der Waals surface area (Å²) in [5, 5.41) is 6.44. The van der Waals surface area contributed by atoms with Gasteiger partial charge in [0.15, 0.2) is 5.84 Å². The molecule has 2 aliphatic carbocycles. The van der Waals surface area contributed by atoms with Crippen LogP contribution in [0, 0.1) is 0 Å². The minimum Gasteiger partial charge on any atom is -0.351 e. The molecule has 1 heterocycles. The second-order valence-electron chi connectivity index (χ2n) is 16.1. The lowest BCUT2D eigenvalue weighted by atomic mass is 9.84. The summed E-state index contributed by atoms with van der Waals surface area (Å²) < 4.78 is 0. The Morgan fingerprint density at radius 1 is 0.635 bits per heavy atom. The van der Waals surface area contributed by atoms with E-state index in [-0.39, 0.29) is 0 Å². The summed E-state index contributed by atoms with van der Waals surface area (Å²) in [6.45, 7) is 4.45. The van der Waals surface area contributed by atoms with E-state index in [9.17, 15) is 0 Å². The van der Waals surface area contributed by atoms with Crippen LogP contribution in [0.5, 0.6) is 0 Å². The molecule has 308 valence electrons. The molecule has 0 aromatic heterocycles. The number of hydrogen-bond acceptors (Lipinski definition) is 4. The highest BCUT2D eigenvalue weighted by Crippen LogP contribution is 2.46. The van der Waals surface area contributed by atoms with Gasteiger partial charge in [0, 0.05) is 65.2 Å². The third kappa shape index (κ3) is 8.59. The first-order chi connectivity index (χ1) is 31.0. The van der Waals surface area contributed by atoms with Gasteiger partial charge in [-0.25, -0.2) is 4.99 Å². The van der Waals surface area contributed by atoms with E-state index in [0.717, 1.165) is 53.7 Å². The number of hydrogen-bond donors (Lipinski definition) is 1. The van der Waals surface area contributed by atoms with Crippen molar-refractivity contribution in [1.82, 2.24) is 0 Å². The van der Waals surface area contributed by atoms with Crippen molar-refractivity contribution in [2.45, 2.75) is 25.7 Å². The fourth-order valence-corrected chi connectivity index (χ4v) is 8.85. The highest BCUT2D eigenvalue weighted by molar-refractivity contribution is 6.20. The number of fused-ring (bicyclic) bond motifs is 4. The molecule has 0 saturated heterocycles. The number of nitrogens with zero attached hydrogens (tertiary/aromatic N) is 4. The van der Waals surface area contributed by atoms with Gasteiger partial charge in [0.1, 0.15) is 0 Å². The molecule has 63 heavy (non-hydrogen) atoms. The van der Waals surface area contributed by atoms with Gasteiger partial charge in [-0.2, -0.15) is 5.10 Å². The van der Waals surface area contributed by atoms with Gasteiger partial charge < -0.3 is 15.6 Å². The van der Waals surface area contributed by atoms with Crippen LogP contribution in [0.15, 0.2) is 205 Å². The molecule has 0 unspecified atom stereocenters. The van der Waals surface area contributed by atoms with E-state index in [4.69, 9.17) is 10.8 Å². The molecule has 7 aromatic rings. The number of rotatable bonds is 6. The van der Waals surface area contributed by atoms with Crippen molar-refractivity contribution in [3.8, 4) is 11.1 Å². The van der Waals surface area contributed by atoms with Crippen molar-refractivity contribution in [2.24, 2.45) is 15.9 Å². The Morgan fingerprint density at radius 3 is 2.17 bits per heavy atom. The standard InChI is InChI=1S/C30H28N2.C28H23N3/c1-22-12-9-10-21-31(2)27-18-11-17-26(29(22)27)30-25-16-8-7-13-23(25)19-20-28(30)32(3)24-14-5-4-6-15-24;29-31-28(26-17-15-21-9-5-7-13-24(21)19-26)30-27(22-10-2-1-3-11-22)25-16-14-20-8-4-6-12-23(20)18-25/h4-7,9-15,17-21H,1,8,16H2,2-3H3;1-4,6-8,10-19H,5,9,29H2/b12-9-,21-10-;30-27?,31-28-. The molecule has 0 bridgehead atoms. The third-order valence-corrected chi connectivity index (χ3v) is 12.1. The van der Waals surface area contributed by atoms with Crippen LogP contribution in [0.25, 0.3) is 39.6 Å². The van der Waals surface area contributed by atoms with Crippen molar-refractivity contribution in [2.75, 3.05) is 23.9 Å². The molecule has 0 spiro atoms. The summed E-state index contributed by atoms with van der Waals surface area (Å²) >= 11 is 0. The maximum Gasteiger partial charge on any atom is 0.179 e. The minimum atomic E-state index is 0.522. The molecule has 0 radical (unpaired) electrons. The average Bonchev–Trinajstić information content (AvgIpc) is 3.34. The average molecular weight is 818 g/mol. The summed E-state index contributed by atoms with van der Waals surface area (Å²) in [5.41, 5.74) is 17.5. The van der Waals surface area contributed by atoms with Crippen LogP contribution >= 0.6 is 0 Å². The Morgan fingerprint density at radius 2 is 1.37 bits per heavy atom. The largest absolute Gasteiger partial charge is 0.351 e. The normalized spacial score (nSPS) is 15.3. The number of nitrogens with two attached hydrogens (primary N) is 1. The Balaban J connectivity index is 0.000000160. The molecular formula is C58H51N5. The van der Waals surface area contributed by atoms with E-state index < -0.39 is 0 Å². The zero-order valence-corrected chi connectivity index (χ0v) is 36.0. The quantitative estimate of drug-likeness (QED) is 0.0787. The lowest BCUT2D eigenvalue weighted by molar-refractivity contribution is 0.985. The van der Waals surface area contributed by atoms with Gasteiger partial charge in [0.2, 0.25) is 0 Å². The molecule has 0 saturated carbocycles. The van der Waals surface area contributed by atoms with E-state index >= 15 is 0 Å². The number of amidine groups is 1. The topological polar surface area (TPSA) is 57.2 Å². The van der Waals surface area contributed by atoms with Gasteiger partial charge in [0.25, 0.3) is 0 Å². The highest BCUT2D eigenvalue weighted by atomic mass is 15.2. The van der Waals surface area contributed by atoms with Gasteiger partial charge in [0.05, 0.1) is 5.71 Å². The molecule has 0 atom stereocenters. The molecule has 0 amide bonds. The molecule has 3 aliphatic rings. The first-order valence-corrected chi connectivity index (χ1v) is 21.7. The van der Waals surface area contributed by atoms with Crippen LogP contribution in [0.2, 0.25) is 0 Å². The van der Waals surface area contributed by atoms with E-state index in [2.05, 4.69) is 218 Å². The van der Waals surface area contributed by atoms with Gasteiger partial charge >= 0.3 is 0 Å². The summed E-state index contributed by atoms with van der Waals surface area (Å²) in [6, 6.07) is 53.0. The molecule has 10 rings (SSSR count).